The average Bonchev–Trinajstić information content (AvgIpc) is 3.13. The Morgan fingerprint density at radius 2 is 1.51 bits per heavy atom. The van der Waals surface area contributed by atoms with Gasteiger partial charge in [0.05, 0.1) is 25.4 Å². The molecule has 11 nitrogen and oxygen atoms in total. The number of aromatic amines is 1. The minimum atomic E-state index is -1.54. The number of aryl methyl sites for hydroxylation is 1. The number of nitrogens with one attached hydrogen (secondary N) is 1. The Balaban J connectivity index is 1.66. The van der Waals surface area contributed by atoms with E-state index in [2.05, 4.69) is 83.5 Å². The maximum atomic E-state index is 13.4. The normalized spacial score (nSPS) is 17.5. The number of aromatic nitrogens is 2. The molecule has 5 rings (SSSR count). The number of methoxy groups -OCH3 is 1. The lowest BCUT2D eigenvalue weighted by Gasteiger charge is -2.50. The smallest absolute Gasteiger partial charge is 0.330 e. The van der Waals surface area contributed by atoms with E-state index in [9.17, 15) is 9.59 Å². The molecule has 1 N–H and O–H groups in total. The van der Waals surface area contributed by atoms with E-state index in [1.807, 2.05) is 48.5 Å². The summed E-state index contributed by atoms with van der Waals surface area (Å²) in [5, 5.41) is 0. The Morgan fingerprint density at radius 1 is 0.922 bits per heavy atom. The van der Waals surface area contributed by atoms with Crippen molar-refractivity contribution in [2.75, 3.05) is 40.0 Å². The summed E-state index contributed by atoms with van der Waals surface area (Å²) in [6, 6.07) is 29.0. The van der Waals surface area contributed by atoms with Gasteiger partial charge < -0.3 is 23.4 Å². The first-order chi connectivity index (χ1) is 24.6. The molecule has 12 heteroatoms. The molecule has 4 aromatic rings. The lowest BCUT2D eigenvalue weighted by atomic mass is 9.75. The second-order valence-corrected chi connectivity index (χ2v) is 14.5. The number of H-pyrrole nitrogens is 1. The van der Waals surface area contributed by atoms with Crippen molar-refractivity contribution in [1.82, 2.24) is 19.1 Å². The molecule has 2 unspecified atom stereocenters. The van der Waals surface area contributed by atoms with Crippen LogP contribution in [0.1, 0.15) is 56.2 Å². The van der Waals surface area contributed by atoms with E-state index in [4.69, 9.17) is 25.1 Å². The second-order valence-electron chi connectivity index (χ2n) is 13.1. The number of hydrogen-bond donors (Lipinski definition) is 1. The highest BCUT2D eigenvalue weighted by molar-refractivity contribution is 7.44. The van der Waals surface area contributed by atoms with Crippen LogP contribution in [0.5, 0.6) is 5.75 Å². The fraction of sp³-hybridized carbons (Fsp3) is 0.410. The van der Waals surface area contributed by atoms with E-state index in [1.165, 1.54) is 4.57 Å². The molecule has 51 heavy (non-hydrogen) atoms. The predicted octanol–water partition coefficient (Wildman–Crippen LogP) is 6.34. The van der Waals surface area contributed by atoms with Crippen LogP contribution in [0.15, 0.2) is 101 Å². The van der Waals surface area contributed by atoms with Gasteiger partial charge >= 0.3 is 5.69 Å². The maximum absolute atomic E-state index is 13.4. The van der Waals surface area contributed by atoms with Crippen LogP contribution in [0.3, 0.4) is 0 Å². The van der Waals surface area contributed by atoms with E-state index in [-0.39, 0.29) is 31.8 Å². The third-order valence-corrected chi connectivity index (χ3v) is 11.1. The zero-order chi connectivity index (χ0) is 36.5. The average molecular weight is 714 g/mol. The lowest BCUT2D eigenvalue weighted by Crippen LogP contribution is -2.58. The Labute approximate surface area is 301 Å². The summed E-state index contributed by atoms with van der Waals surface area (Å²) in [6.45, 7) is 18.7. The van der Waals surface area contributed by atoms with Crippen molar-refractivity contribution < 1.29 is 18.5 Å². The summed E-state index contributed by atoms with van der Waals surface area (Å²) in [6.07, 6.45) is 0.261. The molecule has 2 heterocycles. The summed E-state index contributed by atoms with van der Waals surface area (Å²) in [5.74, 6) is 0.738. The van der Waals surface area contributed by atoms with Gasteiger partial charge in [-0.25, -0.2) is 16.0 Å². The van der Waals surface area contributed by atoms with Gasteiger partial charge in [0, 0.05) is 36.9 Å². The van der Waals surface area contributed by atoms with Gasteiger partial charge in [-0.05, 0) is 63.4 Å². The number of nitrogens with zero attached hydrogens (tertiary/aromatic N) is 4. The minimum absolute atomic E-state index is 0.127. The van der Waals surface area contributed by atoms with Crippen molar-refractivity contribution in [3.05, 3.63) is 146 Å². The van der Waals surface area contributed by atoms with Gasteiger partial charge in [-0.1, -0.05) is 72.8 Å². The Bertz CT molecular complexity index is 1810. The van der Waals surface area contributed by atoms with Crippen LogP contribution in [0.2, 0.25) is 0 Å². The molecular formula is C39H48N5O6P. The monoisotopic (exact) mass is 713 g/mol. The summed E-state index contributed by atoms with van der Waals surface area (Å²) in [7, 11) is 0.109. The van der Waals surface area contributed by atoms with Crippen molar-refractivity contribution in [2.45, 2.75) is 64.6 Å². The quantitative estimate of drug-likeness (QED) is 0.0659. The zero-order valence-electron chi connectivity index (χ0n) is 30.2. The van der Waals surface area contributed by atoms with Crippen LogP contribution in [0, 0.1) is 13.5 Å². The van der Waals surface area contributed by atoms with Crippen LogP contribution in [0.4, 0.5) is 0 Å². The molecule has 0 bridgehead atoms. The fourth-order valence-electron chi connectivity index (χ4n) is 6.83. The lowest BCUT2D eigenvalue weighted by molar-refractivity contribution is -0.149. The molecule has 1 saturated heterocycles. The van der Waals surface area contributed by atoms with Crippen LogP contribution in [-0.2, 0) is 19.3 Å². The summed E-state index contributed by atoms with van der Waals surface area (Å²) >= 11 is 0. The minimum Gasteiger partial charge on any atom is -0.497 e. The molecule has 1 aliphatic heterocycles. The van der Waals surface area contributed by atoms with Crippen molar-refractivity contribution in [2.24, 2.45) is 0 Å². The van der Waals surface area contributed by atoms with Crippen LogP contribution >= 0.6 is 8.53 Å². The molecule has 1 fully saturated rings. The second kappa shape index (κ2) is 17.4. The van der Waals surface area contributed by atoms with Gasteiger partial charge in [-0.2, -0.15) is 0 Å². The molecule has 1 aliphatic rings. The topological polar surface area (TPSA) is 103 Å². The van der Waals surface area contributed by atoms with E-state index in [0.717, 1.165) is 22.4 Å². The van der Waals surface area contributed by atoms with E-state index in [1.54, 1.807) is 20.2 Å². The number of hydrogen-bond acceptors (Lipinski definition) is 8. The molecule has 0 saturated carbocycles. The Kier molecular flexibility index (Phi) is 13.0. The molecule has 0 radical (unpaired) electrons. The van der Waals surface area contributed by atoms with Gasteiger partial charge in [0.1, 0.15) is 12.4 Å². The Hall–Kier alpha value is -4.14. The number of rotatable bonds is 15. The SMILES string of the molecule is [C-]#[N+]CCOP(OCC1CN(C(c2ccccc2)(c2ccccc2)c2ccc(OC)cc2)C[C@H](n2cc(C)c(=O)[nH]c2=O)O1)N(C(C)C)C(C)C. The standard InChI is InChI=1S/C39H48N5O6P/c1-28(2)44(29(3)4)51(48-23-22-40-6)49-27-35-25-42(26-36(50-35)43-24-30(5)37(45)41-38(43)46)39(31-14-10-8-11-15-31,32-16-12-9-13-17-32)33-18-20-34(47-7)21-19-33/h8-21,24,28-29,35-36H,22-23,25-27H2,1-5,7H3,(H,41,45,46)/t35?,36-,51?/m1/s1. The molecule has 270 valence electrons. The molecule has 3 aromatic carbocycles. The van der Waals surface area contributed by atoms with Gasteiger partial charge in [0.15, 0.2) is 6.23 Å². The van der Waals surface area contributed by atoms with Gasteiger partial charge in [0.2, 0.25) is 6.54 Å². The largest absolute Gasteiger partial charge is 0.497 e. The first-order valence-corrected chi connectivity index (χ1v) is 18.4. The van der Waals surface area contributed by atoms with E-state index < -0.39 is 37.6 Å². The van der Waals surface area contributed by atoms with Crippen molar-refractivity contribution >= 4 is 8.53 Å². The maximum Gasteiger partial charge on any atom is 0.330 e. The van der Waals surface area contributed by atoms with Crippen molar-refractivity contribution in [1.29, 1.82) is 0 Å². The summed E-state index contributed by atoms with van der Waals surface area (Å²) in [5.41, 5.74) is 1.63. The number of ether oxygens (including phenoxy) is 2. The molecule has 1 aromatic heterocycles. The molecule has 0 aliphatic carbocycles. The zero-order valence-corrected chi connectivity index (χ0v) is 31.1. The van der Waals surface area contributed by atoms with Crippen molar-refractivity contribution in [3.8, 4) is 5.75 Å². The third-order valence-electron chi connectivity index (χ3n) is 8.99. The Morgan fingerprint density at radius 3 is 2.06 bits per heavy atom. The fourth-order valence-corrected chi connectivity index (χ4v) is 8.46. The first-order valence-electron chi connectivity index (χ1n) is 17.3. The molecule has 0 spiro atoms. The van der Waals surface area contributed by atoms with Crippen molar-refractivity contribution in [3.63, 3.8) is 0 Å². The van der Waals surface area contributed by atoms with Crippen LogP contribution in [-0.4, -0.2) is 77.3 Å². The van der Waals surface area contributed by atoms with Gasteiger partial charge in [-0.3, -0.25) is 19.2 Å². The predicted molar refractivity (Wildman–Crippen MR) is 200 cm³/mol. The molecule has 3 atom stereocenters. The highest BCUT2D eigenvalue weighted by Crippen LogP contribution is 2.48. The summed E-state index contributed by atoms with van der Waals surface area (Å²) in [4.78, 5) is 34.1. The molecule has 0 amide bonds. The molecular weight excluding hydrogens is 665 g/mol. The summed E-state index contributed by atoms with van der Waals surface area (Å²) < 4.78 is 28.8. The number of morpholine rings is 1. The van der Waals surface area contributed by atoms with Crippen LogP contribution in [0.25, 0.3) is 4.85 Å². The van der Waals surface area contributed by atoms with Gasteiger partial charge in [0.25, 0.3) is 14.1 Å². The highest BCUT2D eigenvalue weighted by Gasteiger charge is 2.47. The first kappa shape index (κ1) is 38.1. The van der Waals surface area contributed by atoms with Crippen LogP contribution < -0.4 is 16.0 Å². The van der Waals surface area contributed by atoms with Gasteiger partial charge in [-0.15, -0.1) is 0 Å². The van der Waals surface area contributed by atoms with E-state index in [0.29, 0.717) is 18.7 Å². The van der Waals surface area contributed by atoms with E-state index >= 15 is 0 Å². The number of benzene rings is 3. The third kappa shape index (κ3) is 8.50. The highest BCUT2D eigenvalue weighted by atomic mass is 31.2.